The van der Waals surface area contributed by atoms with E-state index < -0.39 is 253 Å². The number of rotatable bonds is 64. The van der Waals surface area contributed by atoms with Crippen LogP contribution in [0.15, 0.2) is 0 Å². The Kier molecular flexibility index (Phi) is 57.8. The molecule has 760 valence electrons. The minimum atomic E-state index is -1.47. The first-order valence-corrected chi connectivity index (χ1v) is 45.3. The van der Waals surface area contributed by atoms with Crippen LogP contribution in [-0.2, 0) is 181 Å². The van der Waals surface area contributed by atoms with E-state index in [4.69, 9.17) is 99.6 Å². The van der Waals surface area contributed by atoms with E-state index in [1.165, 1.54) is 0 Å². The van der Waals surface area contributed by atoms with E-state index in [9.17, 15) is 86.3 Å². The second kappa shape index (κ2) is 65.6. The normalized spacial score (nSPS) is 22.0. The van der Waals surface area contributed by atoms with Crippen molar-refractivity contribution in [2.45, 2.75) is 304 Å². The van der Waals surface area contributed by atoms with E-state index in [1.54, 1.807) is 0 Å². The van der Waals surface area contributed by atoms with E-state index in [0.717, 1.165) is 102 Å². The highest BCUT2D eigenvalue weighted by Gasteiger charge is 2.55. The Morgan fingerprint density at radius 3 is 1.00 bits per heavy atom. The highest BCUT2D eigenvalue weighted by molar-refractivity contribution is 7.44. The number of amides is 9. The standard InChI is InChI=1S/C84H136N11O38P/c1-48(2)95(49(3)4)134(124-35-22-29-85)123-34-20-18-17-19-30-86-67(108)23-21-24-69(110)93-63(81(113)89-33-38-116-41-44-119-84-73(92-52(7)98)79(130-61(16)107)76(127-58(13)104)66(133-84)47-122-55(10)101)26-28-70(111)94-62(80(112)88-32-37-115-40-43-118-83-72(91-51(6)97)78(129-60(15)106)75(126-57(12)103)65(132-83)46-121-54(9)100)25-27-68(109)87-31-36-114-39-42-117-82-71(90-50(5)96)77(128-59(14)105)74(125-56(11)102)64(131-82)45-120-53(8)99/h48-49,62-66,71-79,82-84H,17-28,30-47H2,1-16H3,(H,86,108)(H,87,109)(H,88,112)(H,89,113)(H,90,96)(H,91,97)(H,92,98)(H,93,110)(H,94,111). The van der Waals surface area contributed by atoms with Crippen molar-refractivity contribution >= 4 is 115 Å². The van der Waals surface area contributed by atoms with Crippen LogP contribution in [-0.4, -0.2) is 346 Å². The predicted octanol–water partition coefficient (Wildman–Crippen LogP) is -0.928. The van der Waals surface area contributed by atoms with Gasteiger partial charge in [-0.2, -0.15) is 5.26 Å². The van der Waals surface area contributed by atoms with Crippen LogP contribution in [0, 0.1) is 11.3 Å². The Hall–Kier alpha value is -10.1. The lowest BCUT2D eigenvalue weighted by molar-refractivity contribution is -0.279. The van der Waals surface area contributed by atoms with Gasteiger partial charge in [-0.3, -0.25) is 86.3 Å². The fraction of sp³-hybridized carbons (Fsp3) is 0.774. The van der Waals surface area contributed by atoms with Gasteiger partial charge in [-0.25, -0.2) is 4.67 Å². The van der Waals surface area contributed by atoms with Gasteiger partial charge in [0, 0.05) is 147 Å². The topological polar surface area (TPSA) is 627 Å². The molecule has 0 aliphatic carbocycles. The molecular formula is C84H136N11O38P. The lowest BCUT2D eigenvalue weighted by Crippen LogP contribution is -2.66. The Morgan fingerprint density at radius 2 is 0.657 bits per heavy atom. The fourth-order valence-electron chi connectivity index (χ4n) is 13.7. The van der Waals surface area contributed by atoms with Crippen molar-refractivity contribution in [3.8, 4) is 6.07 Å². The van der Waals surface area contributed by atoms with Crippen LogP contribution in [0.25, 0.3) is 0 Å². The zero-order chi connectivity index (χ0) is 99.9. The monoisotopic (exact) mass is 1940 g/mol. The van der Waals surface area contributed by atoms with Gasteiger partial charge in [0.25, 0.3) is 8.53 Å². The summed E-state index contributed by atoms with van der Waals surface area (Å²) in [5.74, 6) is -13.1. The molecule has 9 N–H and O–H groups in total. The average molecular weight is 1940 g/mol. The fourth-order valence-corrected chi connectivity index (χ4v) is 15.4. The van der Waals surface area contributed by atoms with E-state index in [2.05, 4.69) is 58.6 Å². The van der Waals surface area contributed by atoms with Gasteiger partial charge in [-0.15, -0.1) is 0 Å². The van der Waals surface area contributed by atoms with Crippen molar-refractivity contribution in [2.24, 2.45) is 0 Å². The van der Waals surface area contributed by atoms with Gasteiger partial charge in [0.2, 0.25) is 53.2 Å². The van der Waals surface area contributed by atoms with Crippen molar-refractivity contribution in [3.63, 3.8) is 0 Å². The Balaban J connectivity index is 1.85. The largest absolute Gasteiger partial charge is 0.463 e. The van der Waals surface area contributed by atoms with Gasteiger partial charge in [-0.05, 0) is 59.8 Å². The smallest absolute Gasteiger partial charge is 0.303 e. The molecule has 3 rings (SSSR count). The molecule has 18 atom stereocenters. The predicted molar refractivity (Wildman–Crippen MR) is 460 cm³/mol. The summed E-state index contributed by atoms with van der Waals surface area (Å²) >= 11 is 0. The molecule has 0 bridgehead atoms. The molecule has 49 nitrogen and oxygen atoms in total. The number of nitrogens with one attached hydrogen (secondary N) is 9. The Labute approximate surface area is 779 Å². The number of hydrogen-bond acceptors (Lipinski definition) is 40. The summed E-state index contributed by atoms with van der Waals surface area (Å²) in [6, 6.07) is -4.41. The third-order valence-corrected chi connectivity index (χ3v) is 21.2. The van der Waals surface area contributed by atoms with Gasteiger partial charge in [-0.1, -0.05) is 12.8 Å². The lowest BCUT2D eigenvalue weighted by atomic mass is 9.96. The molecule has 0 aromatic heterocycles. The van der Waals surface area contributed by atoms with Crippen LogP contribution >= 0.6 is 8.53 Å². The van der Waals surface area contributed by atoms with Crippen molar-refractivity contribution in [1.29, 1.82) is 5.26 Å². The van der Waals surface area contributed by atoms with Crippen molar-refractivity contribution < 1.29 is 181 Å². The number of nitriles is 1. The minimum Gasteiger partial charge on any atom is -0.463 e. The molecule has 9 amide bonds. The molecule has 3 fully saturated rings. The second-order valence-corrected chi connectivity index (χ2v) is 32.8. The van der Waals surface area contributed by atoms with E-state index in [0.29, 0.717) is 19.6 Å². The molecule has 3 aliphatic heterocycles. The number of ether oxygens (including phenoxy) is 18. The van der Waals surface area contributed by atoms with Gasteiger partial charge < -0.3 is 142 Å². The number of hydrogen-bond donors (Lipinski definition) is 9. The molecule has 50 heteroatoms. The zero-order valence-corrected chi connectivity index (χ0v) is 79.9. The van der Waals surface area contributed by atoms with Crippen LogP contribution in [0.5, 0.6) is 0 Å². The van der Waals surface area contributed by atoms with Crippen LogP contribution in [0.1, 0.15) is 188 Å². The summed E-state index contributed by atoms with van der Waals surface area (Å²) in [4.78, 5) is 230. The summed E-state index contributed by atoms with van der Waals surface area (Å²) in [7, 11) is -1.39. The van der Waals surface area contributed by atoms with E-state index in [1.807, 2.05) is 27.7 Å². The molecule has 0 spiro atoms. The maximum absolute atomic E-state index is 14.2. The van der Waals surface area contributed by atoms with Crippen LogP contribution in [0.3, 0.4) is 0 Å². The van der Waals surface area contributed by atoms with Gasteiger partial charge in [0.05, 0.1) is 85.2 Å². The maximum atomic E-state index is 14.2. The molecular weight excluding hydrogens is 1800 g/mol. The van der Waals surface area contributed by atoms with Gasteiger partial charge >= 0.3 is 53.7 Å². The molecule has 3 saturated heterocycles. The zero-order valence-electron chi connectivity index (χ0n) is 79.0. The number of unbranched alkanes of at least 4 members (excludes halogenated alkanes) is 3. The molecule has 0 aromatic carbocycles. The van der Waals surface area contributed by atoms with Crippen LogP contribution in [0.2, 0.25) is 0 Å². The van der Waals surface area contributed by atoms with Crippen molar-refractivity contribution in [2.75, 3.05) is 119 Å². The first-order valence-electron chi connectivity index (χ1n) is 44.2. The highest BCUT2D eigenvalue weighted by atomic mass is 31.2. The Bertz CT molecular complexity index is 3800. The molecule has 0 radical (unpaired) electrons. The first-order chi connectivity index (χ1) is 63.5. The number of carbonyl (C=O) groups is 18. The molecule has 18 unspecified atom stereocenters. The van der Waals surface area contributed by atoms with Crippen LogP contribution < -0.4 is 47.9 Å². The minimum absolute atomic E-state index is 0.0390. The highest BCUT2D eigenvalue weighted by Crippen LogP contribution is 2.46. The maximum Gasteiger partial charge on any atom is 0.303 e. The SMILES string of the molecule is CC(=O)NC1C(OCCOCCNC(=O)CCC(NC(=O)CCC(NC(=O)CCCC(=O)NCCCCCCOP(OCCC#N)N(C(C)C)C(C)C)C(=O)NCCOCCOC2OC(COC(C)=O)C(OC(C)=O)C(OC(C)=O)C2NC(C)=O)C(=O)NCCOCCOC2OC(COC(C)=O)C(OC(C)=O)C(OC(C)=O)C2NC(C)=O)OC(COC(C)=O)C(OC(C)=O)C1OC(C)=O. The Morgan fingerprint density at radius 1 is 0.343 bits per heavy atom. The number of nitrogens with zero attached hydrogens (tertiary/aromatic N) is 2. The summed E-state index contributed by atoms with van der Waals surface area (Å²) in [6.45, 7) is 18.5. The molecule has 3 aliphatic rings. The molecule has 3 heterocycles. The van der Waals surface area contributed by atoms with Gasteiger partial charge in [0.15, 0.2) is 55.5 Å². The van der Waals surface area contributed by atoms with E-state index >= 15 is 0 Å². The summed E-state index contributed by atoms with van der Waals surface area (Å²) < 4.78 is 116. The lowest BCUT2D eigenvalue weighted by Gasteiger charge is -2.44. The summed E-state index contributed by atoms with van der Waals surface area (Å²) in [6.07, 6.45) is -15.3. The quantitative estimate of drug-likeness (QED) is 0.0154. The second-order valence-electron chi connectivity index (χ2n) is 31.4. The van der Waals surface area contributed by atoms with Crippen LogP contribution in [0.4, 0.5) is 0 Å². The summed E-state index contributed by atoms with van der Waals surface area (Å²) in [5, 5.41) is 32.8. The molecule has 134 heavy (non-hydrogen) atoms. The average Bonchev–Trinajstić information content (AvgIpc) is 0.794. The van der Waals surface area contributed by atoms with E-state index in [-0.39, 0.29) is 136 Å². The summed E-state index contributed by atoms with van der Waals surface area (Å²) in [5.41, 5.74) is 0. The molecule has 0 aromatic rings. The molecule has 0 saturated carbocycles. The van der Waals surface area contributed by atoms with Gasteiger partial charge in [0.1, 0.15) is 68.3 Å². The third kappa shape index (κ3) is 48.9. The number of carbonyl (C=O) groups excluding carboxylic acids is 18. The third-order valence-electron chi connectivity index (χ3n) is 19.1. The van der Waals surface area contributed by atoms with Crippen molar-refractivity contribution in [1.82, 2.24) is 52.5 Å². The number of esters is 9. The van der Waals surface area contributed by atoms with Crippen molar-refractivity contribution in [3.05, 3.63) is 0 Å². The first kappa shape index (κ1) is 118.